The van der Waals surface area contributed by atoms with E-state index in [0.717, 1.165) is 0 Å². The number of aryl methyl sites for hydroxylation is 2. The van der Waals surface area contributed by atoms with Gasteiger partial charge in [0, 0.05) is 41.1 Å². The molecule has 3 rings (SSSR count). The van der Waals surface area contributed by atoms with E-state index < -0.39 is 21.8 Å². The summed E-state index contributed by atoms with van der Waals surface area (Å²) in [7, 11) is 0. The predicted octanol–water partition coefficient (Wildman–Crippen LogP) is 3.36. The van der Waals surface area contributed by atoms with Gasteiger partial charge in [0.15, 0.2) is 0 Å². The predicted molar refractivity (Wildman–Crippen MR) is 108 cm³/mol. The summed E-state index contributed by atoms with van der Waals surface area (Å²) in [6.45, 7) is 3.53. The highest BCUT2D eigenvalue weighted by atomic mass is 16.6. The topological polar surface area (TPSA) is 136 Å². The number of rotatable bonds is 5. The third kappa shape index (κ3) is 4.12. The van der Waals surface area contributed by atoms with Crippen LogP contribution in [-0.4, -0.2) is 39.1 Å². The van der Waals surface area contributed by atoms with Crippen LogP contribution >= 0.6 is 0 Å². The van der Waals surface area contributed by atoms with Gasteiger partial charge in [0.05, 0.1) is 9.85 Å². The summed E-state index contributed by atoms with van der Waals surface area (Å²) in [5.74, 6) is -0.821. The van der Waals surface area contributed by atoms with Crippen LogP contribution in [0.15, 0.2) is 36.4 Å². The fourth-order valence-electron chi connectivity index (χ4n) is 3.55. The van der Waals surface area contributed by atoms with Gasteiger partial charge in [-0.1, -0.05) is 6.07 Å². The monoisotopic (exact) mass is 412 g/mol. The van der Waals surface area contributed by atoms with Crippen molar-refractivity contribution < 1.29 is 19.4 Å². The molecule has 1 aliphatic heterocycles. The molecule has 2 amide bonds. The Bertz CT molecular complexity index is 1050. The summed E-state index contributed by atoms with van der Waals surface area (Å²) in [4.78, 5) is 48.2. The van der Waals surface area contributed by atoms with Crippen molar-refractivity contribution in [3.05, 3.63) is 73.3 Å². The minimum atomic E-state index is -0.728. The second-order valence-corrected chi connectivity index (χ2v) is 7.16. The van der Waals surface area contributed by atoms with Gasteiger partial charge >= 0.3 is 0 Å². The molecule has 1 saturated heterocycles. The molecule has 1 atom stereocenters. The van der Waals surface area contributed by atoms with Crippen LogP contribution in [0.25, 0.3) is 0 Å². The van der Waals surface area contributed by atoms with Crippen molar-refractivity contribution >= 4 is 28.9 Å². The number of amides is 2. The van der Waals surface area contributed by atoms with Gasteiger partial charge in [-0.2, -0.15) is 0 Å². The minimum Gasteiger partial charge on any atom is -0.327 e. The van der Waals surface area contributed by atoms with Crippen LogP contribution in [0, 0.1) is 34.1 Å². The van der Waals surface area contributed by atoms with Gasteiger partial charge in [-0.05, 0) is 44.9 Å². The Hall–Kier alpha value is -3.82. The van der Waals surface area contributed by atoms with Crippen molar-refractivity contribution in [3.63, 3.8) is 0 Å². The van der Waals surface area contributed by atoms with Gasteiger partial charge < -0.3 is 10.2 Å². The van der Waals surface area contributed by atoms with Crippen molar-refractivity contribution in [2.45, 2.75) is 32.7 Å². The number of hydrogen-bond donors (Lipinski definition) is 1. The van der Waals surface area contributed by atoms with Crippen LogP contribution in [0.5, 0.6) is 0 Å². The quantitative estimate of drug-likeness (QED) is 0.591. The molecule has 1 fully saturated rings. The van der Waals surface area contributed by atoms with E-state index in [4.69, 9.17) is 0 Å². The fraction of sp³-hybridized carbons (Fsp3) is 0.300. The standard InChI is InChI=1S/C20H20N4O6/c1-12-5-7-15(11-18(12)24(29)30)21-19(25)17-4-3-9-22(17)20(26)14-6-8-16(23(27)28)13(2)10-14/h5-8,10-11,17H,3-4,9H2,1-2H3,(H,21,25). The second kappa shape index (κ2) is 8.27. The summed E-state index contributed by atoms with van der Waals surface area (Å²) in [6, 6.07) is 7.77. The number of nitrogens with one attached hydrogen (secondary N) is 1. The van der Waals surface area contributed by atoms with Crippen LogP contribution in [0.4, 0.5) is 17.1 Å². The molecule has 0 aromatic heterocycles. The van der Waals surface area contributed by atoms with Crippen LogP contribution in [0.1, 0.15) is 34.3 Å². The largest absolute Gasteiger partial charge is 0.327 e. The number of nitrogens with zero attached hydrogens (tertiary/aromatic N) is 3. The Balaban J connectivity index is 1.78. The zero-order valence-corrected chi connectivity index (χ0v) is 16.5. The van der Waals surface area contributed by atoms with Gasteiger partial charge in [0.25, 0.3) is 17.3 Å². The zero-order valence-electron chi connectivity index (χ0n) is 16.5. The second-order valence-electron chi connectivity index (χ2n) is 7.16. The van der Waals surface area contributed by atoms with Gasteiger partial charge in [-0.25, -0.2) is 0 Å². The highest BCUT2D eigenvalue weighted by molar-refractivity contribution is 6.01. The van der Waals surface area contributed by atoms with Crippen LogP contribution in [-0.2, 0) is 4.79 Å². The lowest BCUT2D eigenvalue weighted by atomic mass is 10.1. The molecule has 2 aromatic carbocycles. The molecule has 0 aliphatic carbocycles. The van der Waals surface area contributed by atoms with Crippen LogP contribution in [0.2, 0.25) is 0 Å². The number of nitro benzene ring substituents is 2. The average Bonchev–Trinajstić information content (AvgIpc) is 3.18. The van der Waals surface area contributed by atoms with Crippen molar-refractivity contribution in [1.82, 2.24) is 4.90 Å². The van der Waals surface area contributed by atoms with E-state index in [2.05, 4.69) is 5.32 Å². The molecule has 156 valence electrons. The van der Waals surface area contributed by atoms with E-state index in [1.165, 1.54) is 29.2 Å². The highest BCUT2D eigenvalue weighted by Gasteiger charge is 2.35. The average molecular weight is 412 g/mol. The summed E-state index contributed by atoms with van der Waals surface area (Å²) in [6.07, 6.45) is 1.08. The summed E-state index contributed by atoms with van der Waals surface area (Å²) < 4.78 is 0. The maximum atomic E-state index is 12.9. The third-order valence-electron chi connectivity index (χ3n) is 5.13. The van der Waals surface area contributed by atoms with Crippen LogP contribution < -0.4 is 5.32 Å². The van der Waals surface area contributed by atoms with E-state index >= 15 is 0 Å². The fourth-order valence-corrected chi connectivity index (χ4v) is 3.55. The Morgan fingerprint density at radius 2 is 1.70 bits per heavy atom. The highest BCUT2D eigenvalue weighted by Crippen LogP contribution is 2.26. The summed E-state index contributed by atoms with van der Waals surface area (Å²) in [5, 5.41) is 24.7. The number of carbonyl (C=O) groups is 2. The lowest BCUT2D eigenvalue weighted by molar-refractivity contribution is -0.385. The minimum absolute atomic E-state index is 0.0803. The molecule has 10 heteroatoms. The Morgan fingerprint density at radius 3 is 2.33 bits per heavy atom. The zero-order chi connectivity index (χ0) is 22.0. The van der Waals surface area contributed by atoms with Crippen molar-refractivity contribution in [1.29, 1.82) is 0 Å². The Labute approximate surface area is 171 Å². The molecule has 1 heterocycles. The molecular weight excluding hydrogens is 392 g/mol. The van der Waals surface area contributed by atoms with Crippen molar-refractivity contribution in [3.8, 4) is 0 Å². The van der Waals surface area contributed by atoms with E-state index in [-0.39, 0.29) is 28.5 Å². The molecule has 0 saturated carbocycles. The number of benzene rings is 2. The normalized spacial score (nSPS) is 15.7. The first-order chi connectivity index (χ1) is 14.2. The summed E-state index contributed by atoms with van der Waals surface area (Å²) >= 11 is 0. The Morgan fingerprint density at radius 1 is 1.00 bits per heavy atom. The maximum absolute atomic E-state index is 12.9. The molecule has 2 aromatic rings. The van der Waals surface area contributed by atoms with Gasteiger partial charge in [-0.3, -0.25) is 29.8 Å². The Kier molecular flexibility index (Phi) is 5.77. The first-order valence-corrected chi connectivity index (χ1v) is 9.31. The third-order valence-corrected chi connectivity index (χ3v) is 5.13. The van der Waals surface area contributed by atoms with E-state index in [1.54, 1.807) is 26.0 Å². The molecule has 1 unspecified atom stereocenters. The summed E-state index contributed by atoms with van der Waals surface area (Å²) in [5.41, 5.74) is 1.20. The number of anilines is 1. The molecule has 10 nitrogen and oxygen atoms in total. The van der Waals surface area contributed by atoms with Crippen LogP contribution in [0.3, 0.4) is 0 Å². The molecule has 1 aliphatic rings. The number of likely N-dealkylation sites (tertiary alicyclic amines) is 1. The SMILES string of the molecule is Cc1cc(C(=O)N2CCCC2C(=O)Nc2ccc(C)c([N+](=O)[O-])c2)ccc1[N+](=O)[O-]. The van der Waals surface area contributed by atoms with Crippen molar-refractivity contribution in [2.75, 3.05) is 11.9 Å². The molecule has 0 radical (unpaired) electrons. The number of carbonyl (C=O) groups excluding carboxylic acids is 2. The molecule has 30 heavy (non-hydrogen) atoms. The smallest absolute Gasteiger partial charge is 0.274 e. The first-order valence-electron chi connectivity index (χ1n) is 9.31. The molecule has 1 N–H and O–H groups in total. The van der Waals surface area contributed by atoms with E-state index in [9.17, 15) is 29.8 Å². The number of hydrogen-bond acceptors (Lipinski definition) is 6. The molecular formula is C20H20N4O6. The van der Waals surface area contributed by atoms with E-state index in [1.807, 2.05) is 0 Å². The first kappa shape index (κ1) is 20.9. The van der Waals surface area contributed by atoms with Gasteiger partial charge in [0.2, 0.25) is 5.91 Å². The number of nitro groups is 2. The van der Waals surface area contributed by atoms with Crippen molar-refractivity contribution in [2.24, 2.45) is 0 Å². The molecule has 0 bridgehead atoms. The lowest BCUT2D eigenvalue weighted by Gasteiger charge is -2.24. The van der Waals surface area contributed by atoms with Gasteiger partial charge in [0.1, 0.15) is 6.04 Å². The van der Waals surface area contributed by atoms with E-state index in [0.29, 0.717) is 30.5 Å². The lowest BCUT2D eigenvalue weighted by Crippen LogP contribution is -2.43. The van der Waals surface area contributed by atoms with Gasteiger partial charge in [-0.15, -0.1) is 0 Å². The molecule has 0 spiro atoms. The maximum Gasteiger partial charge on any atom is 0.274 e.